The second-order valence-electron chi connectivity index (χ2n) is 9.01. The lowest BCUT2D eigenvalue weighted by molar-refractivity contribution is -0.140. The van der Waals surface area contributed by atoms with Crippen LogP contribution in [0.5, 0.6) is 11.5 Å². The van der Waals surface area contributed by atoms with E-state index < -0.39 is 17.7 Å². The second kappa shape index (κ2) is 8.74. The molecule has 1 amide bonds. The summed E-state index contributed by atoms with van der Waals surface area (Å²) in [7, 11) is 0. The molecule has 6 rings (SSSR count). The molecule has 3 aromatic rings. The van der Waals surface area contributed by atoms with Crippen molar-refractivity contribution >= 4 is 28.2 Å². The number of carbonyl (C=O) groups excluding carboxylic acids is 2. The fourth-order valence-electron chi connectivity index (χ4n) is 5.23. The zero-order valence-corrected chi connectivity index (χ0v) is 19.1. The highest BCUT2D eigenvalue weighted by Crippen LogP contribution is 2.43. The van der Waals surface area contributed by atoms with Gasteiger partial charge >= 0.3 is 0 Å². The first-order chi connectivity index (χ1) is 17.1. The molecule has 2 unspecified atom stereocenters. The smallest absolute Gasteiger partial charge is 0.295 e. The number of likely N-dealkylation sites (tertiary alicyclic amines) is 1. The van der Waals surface area contributed by atoms with Gasteiger partial charge < -0.3 is 24.2 Å². The SMILES string of the molecule is O=C1C(=O)N(CC2CCCO2)C(c2cccc3ccccc23)C1=C(O)c1ccc2c(c1)OCCO2. The Hall–Kier alpha value is -3.84. The Morgan fingerprint density at radius 2 is 1.74 bits per heavy atom. The van der Waals surface area contributed by atoms with Gasteiger partial charge in [0.05, 0.1) is 17.7 Å². The zero-order chi connectivity index (χ0) is 23.9. The summed E-state index contributed by atoms with van der Waals surface area (Å²) >= 11 is 0. The molecule has 178 valence electrons. The van der Waals surface area contributed by atoms with Gasteiger partial charge in [0.25, 0.3) is 11.7 Å². The molecule has 35 heavy (non-hydrogen) atoms. The molecule has 0 spiro atoms. The largest absolute Gasteiger partial charge is 0.507 e. The number of hydrogen-bond acceptors (Lipinski definition) is 6. The fraction of sp³-hybridized carbons (Fsp3) is 0.286. The Balaban J connectivity index is 1.52. The van der Waals surface area contributed by atoms with Gasteiger partial charge in [0.2, 0.25) is 0 Å². The van der Waals surface area contributed by atoms with E-state index in [1.54, 1.807) is 23.1 Å². The van der Waals surface area contributed by atoms with Crippen LogP contribution in [0.2, 0.25) is 0 Å². The van der Waals surface area contributed by atoms with Crippen LogP contribution >= 0.6 is 0 Å². The standard InChI is InChI=1S/C28H25NO6/c30-26(18-10-11-22-23(15-18)35-14-13-34-22)24-25(21-9-3-6-17-5-1-2-8-20(17)21)29(28(32)27(24)31)16-19-7-4-12-33-19/h1-3,5-6,8-11,15,19,25,30H,4,7,12-14,16H2. The molecule has 1 N–H and O–H groups in total. The number of carbonyl (C=O) groups is 2. The Morgan fingerprint density at radius 3 is 2.57 bits per heavy atom. The summed E-state index contributed by atoms with van der Waals surface area (Å²) < 4.78 is 17.1. The van der Waals surface area contributed by atoms with Crippen LogP contribution in [0.1, 0.15) is 30.0 Å². The first kappa shape index (κ1) is 21.7. The number of aliphatic hydroxyl groups excluding tert-OH is 1. The van der Waals surface area contributed by atoms with E-state index in [0.717, 1.165) is 29.2 Å². The van der Waals surface area contributed by atoms with Crippen molar-refractivity contribution in [3.8, 4) is 11.5 Å². The molecule has 0 aliphatic carbocycles. The number of benzene rings is 3. The Morgan fingerprint density at radius 1 is 0.943 bits per heavy atom. The lowest BCUT2D eigenvalue weighted by Gasteiger charge is -2.28. The molecule has 0 radical (unpaired) electrons. The van der Waals surface area contributed by atoms with E-state index in [1.807, 2.05) is 42.5 Å². The third kappa shape index (κ3) is 3.72. The van der Waals surface area contributed by atoms with Gasteiger partial charge in [-0.2, -0.15) is 0 Å². The molecule has 2 atom stereocenters. The molecule has 0 saturated carbocycles. The summed E-state index contributed by atoms with van der Waals surface area (Å²) in [5.74, 6) is -0.480. The number of rotatable bonds is 4. The number of hydrogen-bond donors (Lipinski definition) is 1. The van der Waals surface area contributed by atoms with Crippen LogP contribution in [-0.2, 0) is 14.3 Å². The van der Waals surface area contributed by atoms with Gasteiger partial charge in [-0.1, -0.05) is 42.5 Å². The highest BCUT2D eigenvalue weighted by atomic mass is 16.6. The van der Waals surface area contributed by atoms with Gasteiger partial charge in [0.15, 0.2) is 11.5 Å². The molecular formula is C28H25NO6. The molecule has 0 bridgehead atoms. The van der Waals surface area contributed by atoms with Crippen molar-refractivity contribution in [1.29, 1.82) is 0 Å². The van der Waals surface area contributed by atoms with Crippen LogP contribution in [0.25, 0.3) is 16.5 Å². The van der Waals surface area contributed by atoms with Crippen LogP contribution < -0.4 is 9.47 Å². The monoisotopic (exact) mass is 471 g/mol. The van der Waals surface area contributed by atoms with Crippen molar-refractivity contribution < 1.29 is 28.9 Å². The van der Waals surface area contributed by atoms with E-state index in [0.29, 0.717) is 36.9 Å². The summed E-state index contributed by atoms with van der Waals surface area (Å²) in [6.07, 6.45) is 1.61. The van der Waals surface area contributed by atoms with Gasteiger partial charge in [-0.25, -0.2) is 0 Å². The zero-order valence-electron chi connectivity index (χ0n) is 19.1. The number of fused-ring (bicyclic) bond motifs is 2. The maximum absolute atomic E-state index is 13.4. The van der Waals surface area contributed by atoms with Gasteiger partial charge in [0, 0.05) is 18.7 Å². The van der Waals surface area contributed by atoms with Crippen LogP contribution in [0.3, 0.4) is 0 Å². The van der Waals surface area contributed by atoms with E-state index in [1.165, 1.54) is 0 Å². The van der Waals surface area contributed by atoms with Crippen molar-refractivity contribution in [3.05, 3.63) is 77.4 Å². The Bertz CT molecular complexity index is 1350. The molecule has 3 aromatic carbocycles. The second-order valence-corrected chi connectivity index (χ2v) is 9.01. The summed E-state index contributed by atoms with van der Waals surface area (Å²) in [6, 6.07) is 18.0. The van der Waals surface area contributed by atoms with Crippen LogP contribution in [0, 0.1) is 0 Å². The molecule has 7 heteroatoms. The van der Waals surface area contributed by atoms with E-state index in [2.05, 4.69) is 0 Å². The Kier molecular flexibility index (Phi) is 5.41. The molecule has 3 aliphatic heterocycles. The number of aliphatic hydroxyl groups is 1. The molecule has 2 fully saturated rings. The molecular weight excluding hydrogens is 446 g/mol. The number of ketones is 1. The molecule has 0 aromatic heterocycles. The van der Waals surface area contributed by atoms with Crippen molar-refractivity contribution in [2.45, 2.75) is 25.0 Å². The fourth-order valence-corrected chi connectivity index (χ4v) is 5.23. The van der Waals surface area contributed by atoms with Crippen LogP contribution in [0.15, 0.2) is 66.2 Å². The normalized spacial score (nSPS) is 23.3. The first-order valence-corrected chi connectivity index (χ1v) is 11.9. The Labute approximate surface area is 202 Å². The minimum atomic E-state index is -0.737. The summed E-state index contributed by atoms with van der Waals surface area (Å²) in [5, 5.41) is 13.4. The quantitative estimate of drug-likeness (QED) is 0.349. The minimum Gasteiger partial charge on any atom is -0.507 e. The van der Waals surface area contributed by atoms with Crippen LogP contribution in [-0.4, -0.2) is 54.2 Å². The minimum absolute atomic E-state index is 0.0704. The molecule has 3 aliphatic rings. The summed E-state index contributed by atoms with van der Waals surface area (Å²) in [6.45, 7) is 1.79. The summed E-state index contributed by atoms with van der Waals surface area (Å²) in [5.41, 5.74) is 1.26. The van der Waals surface area contributed by atoms with Crippen molar-refractivity contribution in [2.24, 2.45) is 0 Å². The third-order valence-corrected chi connectivity index (χ3v) is 6.90. The van der Waals surface area contributed by atoms with Gasteiger partial charge in [-0.3, -0.25) is 9.59 Å². The van der Waals surface area contributed by atoms with Gasteiger partial charge in [-0.05, 0) is 47.4 Å². The van der Waals surface area contributed by atoms with Crippen molar-refractivity contribution in [2.75, 3.05) is 26.4 Å². The number of ether oxygens (including phenoxy) is 3. The van der Waals surface area contributed by atoms with E-state index in [4.69, 9.17) is 14.2 Å². The number of Topliss-reactive ketones (excluding diaryl/α,β-unsaturated/α-hetero) is 1. The topological polar surface area (TPSA) is 85.3 Å². The van der Waals surface area contributed by atoms with Gasteiger partial charge in [0.1, 0.15) is 19.0 Å². The molecule has 2 saturated heterocycles. The highest BCUT2D eigenvalue weighted by molar-refractivity contribution is 6.46. The lowest BCUT2D eigenvalue weighted by atomic mass is 9.91. The van der Waals surface area contributed by atoms with Crippen molar-refractivity contribution in [1.82, 2.24) is 4.90 Å². The average molecular weight is 472 g/mol. The maximum Gasteiger partial charge on any atom is 0.295 e. The molecule has 7 nitrogen and oxygen atoms in total. The van der Waals surface area contributed by atoms with E-state index in [9.17, 15) is 14.7 Å². The molecule has 3 heterocycles. The number of amides is 1. The average Bonchev–Trinajstić information content (AvgIpc) is 3.50. The van der Waals surface area contributed by atoms with E-state index >= 15 is 0 Å². The first-order valence-electron chi connectivity index (χ1n) is 11.9. The highest BCUT2D eigenvalue weighted by Gasteiger charge is 2.47. The maximum atomic E-state index is 13.4. The third-order valence-electron chi connectivity index (χ3n) is 6.90. The van der Waals surface area contributed by atoms with Gasteiger partial charge in [-0.15, -0.1) is 0 Å². The van der Waals surface area contributed by atoms with E-state index in [-0.39, 0.29) is 24.0 Å². The number of nitrogens with zero attached hydrogens (tertiary/aromatic N) is 1. The predicted molar refractivity (Wildman–Crippen MR) is 129 cm³/mol. The predicted octanol–water partition coefficient (Wildman–Crippen LogP) is 4.21. The van der Waals surface area contributed by atoms with Crippen LogP contribution in [0.4, 0.5) is 0 Å². The van der Waals surface area contributed by atoms with Crippen molar-refractivity contribution in [3.63, 3.8) is 0 Å². The summed E-state index contributed by atoms with van der Waals surface area (Å²) in [4.78, 5) is 28.3. The lowest BCUT2D eigenvalue weighted by Crippen LogP contribution is -2.36.